The number of carbonyl (C=O) groups excluding carboxylic acids is 1. The number of nitrogens with one attached hydrogen (secondary N) is 1. The van der Waals surface area contributed by atoms with Crippen LogP contribution in [-0.2, 0) is 4.79 Å². The van der Waals surface area contributed by atoms with Crippen LogP contribution >= 0.6 is 0 Å². The van der Waals surface area contributed by atoms with Crippen molar-refractivity contribution in [2.45, 2.75) is 44.8 Å². The molecule has 1 aliphatic heterocycles. The zero-order valence-corrected chi connectivity index (χ0v) is 13.2. The van der Waals surface area contributed by atoms with E-state index in [0.717, 1.165) is 18.5 Å². The van der Waals surface area contributed by atoms with Crippen molar-refractivity contribution in [1.29, 1.82) is 0 Å². The first kappa shape index (κ1) is 16.0. The van der Waals surface area contributed by atoms with Crippen molar-refractivity contribution in [3.05, 3.63) is 35.4 Å². The minimum atomic E-state index is -0.505. The summed E-state index contributed by atoms with van der Waals surface area (Å²) in [5, 5.41) is 13.6. The molecule has 1 fully saturated rings. The zero-order chi connectivity index (χ0) is 15.4. The van der Waals surface area contributed by atoms with Crippen molar-refractivity contribution in [1.82, 2.24) is 10.2 Å². The van der Waals surface area contributed by atoms with Crippen LogP contribution in [0.1, 0.15) is 49.8 Å². The number of hydrogen-bond acceptors (Lipinski definition) is 3. The van der Waals surface area contributed by atoms with E-state index in [2.05, 4.69) is 31.3 Å². The maximum Gasteiger partial charge on any atom is 0.222 e. The molecular weight excluding hydrogens is 264 g/mol. The molecule has 4 heteroatoms. The Balaban J connectivity index is 1.84. The van der Waals surface area contributed by atoms with Crippen LogP contribution in [0.3, 0.4) is 0 Å². The summed E-state index contributed by atoms with van der Waals surface area (Å²) in [6.07, 6.45) is 0.935. The lowest BCUT2D eigenvalue weighted by Gasteiger charge is -2.31. The van der Waals surface area contributed by atoms with Crippen molar-refractivity contribution in [3.8, 4) is 0 Å². The van der Waals surface area contributed by atoms with Crippen LogP contribution in [0, 0.1) is 0 Å². The van der Waals surface area contributed by atoms with Gasteiger partial charge >= 0.3 is 0 Å². The summed E-state index contributed by atoms with van der Waals surface area (Å²) in [5.74, 6) is 0.711. The molecule has 1 amide bonds. The fourth-order valence-corrected chi connectivity index (χ4v) is 2.68. The monoisotopic (exact) mass is 290 g/mol. The van der Waals surface area contributed by atoms with E-state index in [0.29, 0.717) is 18.9 Å². The third-order valence-corrected chi connectivity index (χ3v) is 4.21. The Morgan fingerprint density at radius 2 is 1.90 bits per heavy atom. The summed E-state index contributed by atoms with van der Waals surface area (Å²) in [6, 6.07) is 8.43. The molecule has 4 nitrogen and oxygen atoms in total. The predicted molar refractivity (Wildman–Crippen MR) is 84.2 cm³/mol. The Kier molecular flexibility index (Phi) is 5.37. The van der Waals surface area contributed by atoms with E-state index in [4.69, 9.17) is 0 Å². The molecule has 2 rings (SSSR count). The van der Waals surface area contributed by atoms with Crippen LogP contribution < -0.4 is 5.32 Å². The van der Waals surface area contributed by atoms with Gasteiger partial charge in [0.1, 0.15) is 0 Å². The van der Waals surface area contributed by atoms with E-state index in [1.807, 2.05) is 19.2 Å². The number of likely N-dealkylation sites (tertiary alicyclic amines) is 1. The molecule has 1 saturated heterocycles. The second-order valence-corrected chi connectivity index (χ2v) is 6.26. The third kappa shape index (κ3) is 4.29. The summed E-state index contributed by atoms with van der Waals surface area (Å²) in [7, 11) is 1.83. The molecule has 2 unspecified atom stereocenters. The number of benzene rings is 1. The Morgan fingerprint density at radius 3 is 2.48 bits per heavy atom. The topological polar surface area (TPSA) is 52.6 Å². The highest BCUT2D eigenvalue weighted by molar-refractivity contribution is 5.76. The Bertz CT molecular complexity index is 470. The van der Waals surface area contributed by atoms with Crippen LogP contribution in [0.4, 0.5) is 0 Å². The second-order valence-electron chi connectivity index (χ2n) is 6.26. The largest absolute Gasteiger partial charge is 0.387 e. The molecule has 1 aromatic carbocycles. The Labute approximate surface area is 127 Å². The van der Waals surface area contributed by atoms with Gasteiger partial charge in [-0.2, -0.15) is 0 Å². The first-order valence-electron chi connectivity index (χ1n) is 7.72. The van der Waals surface area contributed by atoms with Gasteiger partial charge in [0.05, 0.1) is 6.10 Å². The summed E-state index contributed by atoms with van der Waals surface area (Å²) in [5.41, 5.74) is 2.22. The Morgan fingerprint density at radius 1 is 1.29 bits per heavy atom. The number of aliphatic hydroxyl groups excluding tert-OH is 1. The van der Waals surface area contributed by atoms with Crippen molar-refractivity contribution in [2.24, 2.45) is 0 Å². The molecule has 0 aliphatic carbocycles. The highest BCUT2D eigenvalue weighted by atomic mass is 16.3. The number of aliphatic hydroxyl groups is 1. The van der Waals surface area contributed by atoms with E-state index in [-0.39, 0.29) is 11.9 Å². The third-order valence-electron chi connectivity index (χ3n) is 4.21. The molecule has 116 valence electrons. The maximum atomic E-state index is 11.4. The molecule has 1 aromatic rings. The standard InChI is InChI=1S/C17H26N2O2/c1-12(2)13-4-6-14(7-5-13)16(20)10-18-15-8-9-17(21)19(3)11-15/h4-7,12,15-16,18,20H,8-11H2,1-3H3. The summed E-state index contributed by atoms with van der Waals surface area (Å²) in [6.45, 7) is 5.56. The molecule has 2 atom stereocenters. The highest BCUT2D eigenvalue weighted by Gasteiger charge is 2.23. The van der Waals surface area contributed by atoms with Crippen molar-refractivity contribution in [3.63, 3.8) is 0 Å². The number of nitrogens with zero attached hydrogens (tertiary/aromatic N) is 1. The molecule has 0 saturated carbocycles. The van der Waals surface area contributed by atoms with Gasteiger partial charge in [-0.3, -0.25) is 4.79 Å². The first-order chi connectivity index (χ1) is 9.97. The molecule has 0 radical (unpaired) electrons. The highest BCUT2D eigenvalue weighted by Crippen LogP contribution is 2.19. The SMILES string of the molecule is CC(C)c1ccc(C(O)CNC2CCC(=O)N(C)C2)cc1. The number of amides is 1. The van der Waals surface area contributed by atoms with Crippen molar-refractivity contribution >= 4 is 5.91 Å². The minimum Gasteiger partial charge on any atom is -0.387 e. The first-order valence-corrected chi connectivity index (χ1v) is 7.72. The Hall–Kier alpha value is -1.39. The predicted octanol–water partition coefficient (Wildman–Crippen LogP) is 2.05. The minimum absolute atomic E-state index is 0.206. The quantitative estimate of drug-likeness (QED) is 0.872. The van der Waals surface area contributed by atoms with Crippen LogP contribution in [0.5, 0.6) is 0 Å². The lowest BCUT2D eigenvalue weighted by atomic mass is 9.99. The van der Waals surface area contributed by atoms with Gasteiger partial charge in [0.2, 0.25) is 5.91 Å². The number of hydrogen-bond donors (Lipinski definition) is 2. The second kappa shape index (κ2) is 7.05. The summed E-state index contributed by atoms with van der Waals surface area (Å²) < 4.78 is 0. The molecule has 0 aromatic heterocycles. The number of likely N-dealkylation sites (N-methyl/N-ethyl adjacent to an activating group) is 1. The molecule has 0 bridgehead atoms. The van der Waals surface area contributed by atoms with E-state index in [1.54, 1.807) is 4.90 Å². The van der Waals surface area contributed by atoms with Crippen molar-refractivity contribution in [2.75, 3.05) is 20.1 Å². The normalized spacial score (nSPS) is 20.9. The van der Waals surface area contributed by atoms with Gasteiger partial charge < -0.3 is 15.3 Å². The number of carbonyl (C=O) groups is 1. The zero-order valence-electron chi connectivity index (χ0n) is 13.2. The summed E-state index contributed by atoms with van der Waals surface area (Å²) >= 11 is 0. The van der Waals surface area contributed by atoms with E-state index in [9.17, 15) is 9.90 Å². The lowest BCUT2D eigenvalue weighted by Crippen LogP contribution is -2.47. The average Bonchev–Trinajstić information content (AvgIpc) is 2.48. The fraction of sp³-hybridized carbons (Fsp3) is 0.588. The average molecular weight is 290 g/mol. The number of rotatable bonds is 5. The van der Waals surface area contributed by atoms with Gasteiger partial charge in [0.25, 0.3) is 0 Å². The maximum absolute atomic E-state index is 11.4. The summed E-state index contributed by atoms with van der Waals surface area (Å²) in [4.78, 5) is 13.2. The molecule has 1 aliphatic rings. The lowest BCUT2D eigenvalue weighted by molar-refractivity contribution is -0.132. The molecule has 21 heavy (non-hydrogen) atoms. The van der Waals surface area contributed by atoms with Crippen molar-refractivity contribution < 1.29 is 9.90 Å². The van der Waals surface area contributed by atoms with E-state index in [1.165, 1.54) is 5.56 Å². The van der Waals surface area contributed by atoms with Crippen LogP contribution in [0.25, 0.3) is 0 Å². The van der Waals surface area contributed by atoms with E-state index < -0.39 is 6.10 Å². The molecule has 2 N–H and O–H groups in total. The smallest absolute Gasteiger partial charge is 0.222 e. The molecule has 1 heterocycles. The fourth-order valence-electron chi connectivity index (χ4n) is 2.68. The van der Waals surface area contributed by atoms with Crippen LogP contribution in [-0.4, -0.2) is 42.1 Å². The van der Waals surface area contributed by atoms with Gasteiger partial charge in [-0.1, -0.05) is 38.1 Å². The van der Waals surface area contributed by atoms with Gasteiger partial charge in [-0.25, -0.2) is 0 Å². The van der Waals surface area contributed by atoms with Crippen LogP contribution in [0.15, 0.2) is 24.3 Å². The van der Waals surface area contributed by atoms with Crippen LogP contribution in [0.2, 0.25) is 0 Å². The molecule has 0 spiro atoms. The number of piperidine rings is 1. The van der Waals surface area contributed by atoms with Gasteiger partial charge in [0, 0.05) is 32.6 Å². The van der Waals surface area contributed by atoms with Gasteiger partial charge in [-0.15, -0.1) is 0 Å². The van der Waals surface area contributed by atoms with E-state index >= 15 is 0 Å². The van der Waals surface area contributed by atoms with Gasteiger partial charge in [0.15, 0.2) is 0 Å². The van der Waals surface area contributed by atoms with Gasteiger partial charge in [-0.05, 0) is 23.5 Å². The molecular formula is C17H26N2O2.